The van der Waals surface area contributed by atoms with Crippen molar-refractivity contribution >= 4 is 17.0 Å². The Bertz CT molecular complexity index is 810. The van der Waals surface area contributed by atoms with Crippen LogP contribution >= 0.6 is 0 Å². The number of aromatic nitrogens is 1. The lowest BCUT2D eigenvalue weighted by Crippen LogP contribution is -2.44. The van der Waals surface area contributed by atoms with E-state index in [0.29, 0.717) is 18.7 Å². The lowest BCUT2D eigenvalue weighted by atomic mass is 10.2. The second-order valence-corrected chi connectivity index (χ2v) is 6.63. The number of fused-ring (bicyclic) bond motifs is 1. The molecule has 7 heteroatoms. The standard InChI is InChI=1S/C18H25N3O4/c1-4-24-16-11-20(3)10-13(16)19-17(22)7-8-21-14-9-12(2)5-6-15(14)25-18(21)23/h5-6,9,13,16H,4,7-8,10-11H2,1-3H3,(H,19,22)/t13-,16-/m0/s1. The van der Waals surface area contributed by atoms with Crippen LogP contribution < -0.4 is 11.1 Å². The third-order valence-electron chi connectivity index (χ3n) is 4.56. The van der Waals surface area contributed by atoms with E-state index in [0.717, 1.165) is 24.2 Å². The van der Waals surface area contributed by atoms with E-state index in [-0.39, 0.29) is 24.5 Å². The Kier molecular flexibility index (Phi) is 5.24. The van der Waals surface area contributed by atoms with Crippen molar-refractivity contribution in [1.82, 2.24) is 14.8 Å². The van der Waals surface area contributed by atoms with Gasteiger partial charge in [0.15, 0.2) is 5.58 Å². The van der Waals surface area contributed by atoms with Crippen molar-refractivity contribution in [1.29, 1.82) is 0 Å². The average Bonchev–Trinajstić information content (AvgIpc) is 3.05. The number of hydrogen-bond donors (Lipinski definition) is 1. The van der Waals surface area contributed by atoms with E-state index in [9.17, 15) is 9.59 Å². The molecule has 2 aromatic rings. The van der Waals surface area contributed by atoms with Gasteiger partial charge in [0.05, 0.1) is 17.7 Å². The molecule has 0 spiro atoms. The first kappa shape index (κ1) is 17.7. The summed E-state index contributed by atoms with van der Waals surface area (Å²) in [7, 11) is 2.01. The smallest absolute Gasteiger partial charge is 0.408 e. The molecule has 0 aliphatic carbocycles. The Hall–Kier alpha value is -2.12. The fourth-order valence-corrected chi connectivity index (χ4v) is 3.36. The topological polar surface area (TPSA) is 76.7 Å². The molecular formula is C18H25N3O4. The molecule has 3 rings (SSSR count). The molecule has 1 fully saturated rings. The zero-order valence-corrected chi connectivity index (χ0v) is 14.9. The highest BCUT2D eigenvalue weighted by Gasteiger charge is 2.32. The number of amides is 1. The van der Waals surface area contributed by atoms with Gasteiger partial charge in [0.1, 0.15) is 0 Å². The van der Waals surface area contributed by atoms with Crippen LogP contribution in [0.4, 0.5) is 0 Å². The molecule has 136 valence electrons. The zero-order valence-electron chi connectivity index (χ0n) is 14.9. The minimum absolute atomic E-state index is 0.0130. The fourth-order valence-electron chi connectivity index (χ4n) is 3.36. The van der Waals surface area contributed by atoms with Crippen LogP contribution in [-0.2, 0) is 16.1 Å². The van der Waals surface area contributed by atoms with Crippen LogP contribution in [0.2, 0.25) is 0 Å². The van der Waals surface area contributed by atoms with E-state index < -0.39 is 5.76 Å². The molecule has 25 heavy (non-hydrogen) atoms. The first-order chi connectivity index (χ1) is 12.0. The van der Waals surface area contributed by atoms with Gasteiger partial charge in [-0.2, -0.15) is 0 Å². The predicted molar refractivity (Wildman–Crippen MR) is 94.7 cm³/mol. The molecule has 1 N–H and O–H groups in total. The molecule has 0 radical (unpaired) electrons. The molecule has 1 aliphatic heterocycles. The molecule has 1 amide bonds. The maximum Gasteiger partial charge on any atom is 0.419 e. The number of ether oxygens (including phenoxy) is 1. The number of rotatable bonds is 6. The highest BCUT2D eigenvalue weighted by atomic mass is 16.5. The van der Waals surface area contributed by atoms with Crippen molar-refractivity contribution in [2.75, 3.05) is 26.7 Å². The van der Waals surface area contributed by atoms with Gasteiger partial charge in [-0.3, -0.25) is 9.36 Å². The van der Waals surface area contributed by atoms with Gasteiger partial charge in [0.2, 0.25) is 5.91 Å². The molecule has 0 unspecified atom stereocenters. The summed E-state index contributed by atoms with van der Waals surface area (Å²) < 4.78 is 12.4. The van der Waals surface area contributed by atoms with Crippen LogP contribution in [0.15, 0.2) is 27.4 Å². The van der Waals surface area contributed by atoms with Gasteiger partial charge >= 0.3 is 5.76 Å². The van der Waals surface area contributed by atoms with Gasteiger partial charge in [0.25, 0.3) is 0 Å². The van der Waals surface area contributed by atoms with Gasteiger partial charge in [-0.15, -0.1) is 0 Å². The largest absolute Gasteiger partial charge is 0.419 e. The van der Waals surface area contributed by atoms with Gasteiger partial charge < -0.3 is 19.4 Å². The molecule has 2 heterocycles. The first-order valence-corrected chi connectivity index (χ1v) is 8.67. The third kappa shape index (κ3) is 3.93. The van der Waals surface area contributed by atoms with Crippen LogP contribution in [-0.4, -0.2) is 54.3 Å². The first-order valence-electron chi connectivity index (χ1n) is 8.67. The lowest BCUT2D eigenvalue weighted by Gasteiger charge is -2.19. The number of benzene rings is 1. The Morgan fingerprint density at radius 2 is 2.20 bits per heavy atom. The number of nitrogens with zero attached hydrogens (tertiary/aromatic N) is 2. The fraction of sp³-hybridized carbons (Fsp3) is 0.556. The lowest BCUT2D eigenvalue weighted by molar-refractivity contribution is -0.122. The number of hydrogen-bond acceptors (Lipinski definition) is 5. The van der Waals surface area contributed by atoms with Crippen molar-refractivity contribution in [3.05, 3.63) is 34.3 Å². The SMILES string of the molecule is CCO[C@H]1CN(C)C[C@@H]1NC(=O)CCn1c(=O)oc2ccc(C)cc21. The number of nitrogens with one attached hydrogen (secondary N) is 1. The van der Waals surface area contributed by atoms with Crippen LogP contribution in [0.5, 0.6) is 0 Å². The van der Waals surface area contributed by atoms with Crippen molar-refractivity contribution in [3.63, 3.8) is 0 Å². The molecule has 0 bridgehead atoms. The summed E-state index contributed by atoms with van der Waals surface area (Å²) in [6.45, 7) is 6.41. The summed E-state index contributed by atoms with van der Waals surface area (Å²) in [6, 6.07) is 5.56. The number of aryl methyl sites for hydroxylation is 2. The summed E-state index contributed by atoms with van der Waals surface area (Å²) in [5, 5.41) is 3.03. The maximum atomic E-state index is 12.3. The highest BCUT2D eigenvalue weighted by molar-refractivity contribution is 5.77. The molecule has 2 atom stereocenters. The second kappa shape index (κ2) is 7.41. The van der Waals surface area contributed by atoms with Gasteiger partial charge in [0, 0.05) is 32.7 Å². The number of carbonyl (C=O) groups excluding carboxylic acids is 1. The Labute approximate surface area is 146 Å². The molecule has 1 saturated heterocycles. The summed E-state index contributed by atoms with van der Waals surface area (Å²) in [5.74, 6) is -0.514. The van der Waals surface area contributed by atoms with E-state index >= 15 is 0 Å². The Balaban J connectivity index is 1.64. The molecule has 7 nitrogen and oxygen atoms in total. The quantitative estimate of drug-likeness (QED) is 0.848. The van der Waals surface area contributed by atoms with Gasteiger partial charge in [-0.05, 0) is 38.6 Å². The minimum atomic E-state index is -0.429. The molecule has 1 aromatic heterocycles. The Morgan fingerprint density at radius 3 is 2.96 bits per heavy atom. The van der Waals surface area contributed by atoms with Crippen molar-refractivity contribution < 1.29 is 13.9 Å². The van der Waals surface area contributed by atoms with Crippen molar-refractivity contribution in [3.8, 4) is 0 Å². The van der Waals surface area contributed by atoms with Crippen LogP contribution in [0.25, 0.3) is 11.1 Å². The number of likely N-dealkylation sites (tertiary alicyclic amines) is 1. The summed E-state index contributed by atoms with van der Waals surface area (Å²) >= 11 is 0. The molecule has 1 aliphatic rings. The molecule has 1 aromatic carbocycles. The minimum Gasteiger partial charge on any atom is -0.408 e. The molecule has 0 saturated carbocycles. The predicted octanol–water partition coefficient (Wildman–Crippen LogP) is 1.13. The van der Waals surface area contributed by atoms with Gasteiger partial charge in [-0.1, -0.05) is 6.07 Å². The molecular weight excluding hydrogens is 322 g/mol. The maximum absolute atomic E-state index is 12.3. The highest BCUT2D eigenvalue weighted by Crippen LogP contribution is 2.15. The van der Waals surface area contributed by atoms with Crippen LogP contribution in [0.1, 0.15) is 18.9 Å². The zero-order chi connectivity index (χ0) is 18.0. The van der Waals surface area contributed by atoms with Crippen LogP contribution in [0.3, 0.4) is 0 Å². The van der Waals surface area contributed by atoms with Crippen molar-refractivity contribution in [2.45, 2.75) is 39.0 Å². The summed E-state index contributed by atoms with van der Waals surface area (Å²) in [4.78, 5) is 26.5. The average molecular weight is 347 g/mol. The van der Waals surface area contributed by atoms with E-state index in [1.54, 1.807) is 6.07 Å². The third-order valence-corrected chi connectivity index (χ3v) is 4.56. The number of likely N-dealkylation sites (N-methyl/N-ethyl adjacent to an activating group) is 1. The Morgan fingerprint density at radius 1 is 1.40 bits per heavy atom. The van der Waals surface area contributed by atoms with E-state index in [2.05, 4.69) is 10.2 Å². The van der Waals surface area contributed by atoms with Gasteiger partial charge in [-0.25, -0.2) is 4.79 Å². The monoisotopic (exact) mass is 347 g/mol. The van der Waals surface area contributed by atoms with Crippen molar-refractivity contribution in [2.24, 2.45) is 0 Å². The van der Waals surface area contributed by atoms with Crippen LogP contribution in [0, 0.1) is 6.92 Å². The van der Waals surface area contributed by atoms with E-state index in [4.69, 9.17) is 9.15 Å². The van der Waals surface area contributed by atoms with E-state index in [1.165, 1.54) is 4.57 Å². The van der Waals surface area contributed by atoms with E-state index in [1.807, 2.05) is 33.0 Å². The second-order valence-electron chi connectivity index (χ2n) is 6.63. The summed E-state index contributed by atoms with van der Waals surface area (Å²) in [5.41, 5.74) is 2.32. The number of carbonyl (C=O) groups is 1. The summed E-state index contributed by atoms with van der Waals surface area (Å²) in [6.07, 6.45) is 0.237. The number of oxazole rings is 1. The normalized spacial score (nSPS) is 21.1.